The number of rotatable bonds is 13. The van der Waals surface area contributed by atoms with Crippen molar-refractivity contribution in [2.45, 2.75) is 84.6 Å². The van der Waals surface area contributed by atoms with E-state index in [1.807, 2.05) is 63.4 Å². The minimum atomic E-state index is -0.998. The molecule has 2 aliphatic rings. The summed E-state index contributed by atoms with van der Waals surface area (Å²) >= 11 is 1.57. The number of thioether (sulfide) groups is 1. The number of benzene rings is 1. The number of nitrogens with one attached hydrogen (secondary N) is 2. The van der Waals surface area contributed by atoms with Gasteiger partial charge in [-0.15, -0.1) is 0 Å². The number of aliphatic carboxylic acids is 1. The number of carbonyl (C=O) groups is 2. The van der Waals surface area contributed by atoms with Crippen LogP contribution in [0.2, 0.25) is 0 Å². The number of hydrogen-bond acceptors (Lipinski definition) is 4. The van der Waals surface area contributed by atoms with Crippen LogP contribution in [0.4, 0.5) is 0 Å². The van der Waals surface area contributed by atoms with Crippen molar-refractivity contribution >= 4 is 29.2 Å². The summed E-state index contributed by atoms with van der Waals surface area (Å²) in [6.45, 7) is 7.83. The number of carboxylic acid groups (broad SMARTS) is 1. The summed E-state index contributed by atoms with van der Waals surface area (Å²) in [6.07, 6.45) is 18.6. The highest BCUT2D eigenvalue weighted by molar-refractivity contribution is 7.98. The van der Waals surface area contributed by atoms with Gasteiger partial charge in [0, 0.05) is 12.1 Å². The van der Waals surface area contributed by atoms with E-state index in [4.69, 9.17) is 0 Å². The zero-order valence-corrected chi connectivity index (χ0v) is 24.7. The Morgan fingerprint density at radius 2 is 1.87 bits per heavy atom. The Hall–Kier alpha value is -2.31. The smallest absolute Gasteiger partial charge is 0.326 e. The quantitative estimate of drug-likeness (QED) is 0.236. The first-order valence-electron chi connectivity index (χ1n) is 14.4. The van der Waals surface area contributed by atoms with Crippen molar-refractivity contribution in [1.29, 1.82) is 0 Å². The maximum atomic E-state index is 13.3. The van der Waals surface area contributed by atoms with Crippen LogP contribution in [0.5, 0.6) is 0 Å². The largest absolute Gasteiger partial charge is 0.480 e. The molecule has 3 N–H and O–H groups in total. The van der Waals surface area contributed by atoms with E-state index < -0.39 is 12.0 Å². The van der Waals surface area contributed by atoms with Crippen molar-refractivity contribution in [3.8, 4) is 0 Å². The summed E-state index contributed by atoms with van der Waals surface area (Å²) in [5, 5.41) is 16.0. The van der Waals surface area contributed by atoms with Crippen molar-refractivity contribution < 1.29 is 14.7 Å². The van der Waals surface area contributed by atoms with Crippen molar-refractivity contribution in [1.82, 2.24) is 10.6 Å². The third kappa shape index (κ3) is 10.5. The fourth-order valence-corrected chi connectivity index (χ4v) is 5.62. The van der Waals surface area contributed by atoms with Gasteiger partial charge >= 0.3 is 5.97 Å². The molecule has 0 saturated heterocycles. The molecule has 0 bridgehead atoms. The van der Waals surface area contributed by atoms with Gasteiger partial charge in [-0.25, -0.2) is 4.79 Å². The van der Waals surface area contributed by atoms with Crippen LogP contribution in [-0.4, -0.2) is 48.1 Å². The van der Waals surface area contributed by atoms with Crippen molar-refractivity contribution in [3.05, 3.63) is 64.8 Å². The second-order valence-electron chi connectivity index (χ2n) is 10.0. The van der Waals surface area contributed by atoms with Gasteiger partial charge in [-0.2, -0.15) is 11.8 Å². The van der Waals surface area contributed by atoms with Gasteiger partial charge in [-0.3, -0.25) is 4.79 Å². The summed E-state index contributed by atoms with van der Waals surface area (Å²) in [7, 11) is 0. The first-order chi connectivity index (χ1) is 18.5. The first kappa shape index (κ1) is 31.9. The molecule has 1 saturated carbocycles. The molecule has 38 heavy (non-hydrogen) atoms. The van der Waals surface area contributed by atoms with Gasteiger partial charge in [0.1, 0.15) is 6.04 Å². The van der Waals surface area contributed by atoms with Gasteiger partial charge in [0.2, 0.25) is 0 Å². The van der Waals surface area contributed by atoms with Crippen LogP contribution in [0.3, 0.4) is 0 Å². The molecule has 3 rings (SSSR count). The monoisotopic (exact) mass is 540 g/mol. The lowest BCUT2D eigenvalue weighted by molar-refractivity contribution is -0.141. The average Bonchev–Trinajstić information content (AvgIpc) is 3.15. The summed E-state index contributed by atoms with van der Waals surface area (Å²) in [4.78, 5) is 25.1. The van der Waals surface area contributed by atoms with Crippen LogP contribution in [-0.2, 0) is 9.59 Å². The van der Waals surface area contributed by atoms with Crippen LogP contribution in [0.1, 0.15) is 82.8 Å². The molecule has 1 aromatic rings. The summed E-state index contributed by atoms with van der Waals surface area (Å²) in [5.41, 5.74) is 4.68. The summed E-state index contributed by atoms with van der Waals surface area (Å²) < 4.78 is 0. The molecule has 210 valence electrons. The molecule has 1 aromatic carbocycles. The average molecular weight is 541 g/mol. The highest BCUT2D eigenvalue weighted by atomic mass is 32.2. The molecule has 0 aliphatic heterocycles. The third-order valence-corrected chi connectivity index (χ3v) is 7.88. The van der Waals surface area contributed by atoms with Gasteiger partial charge in [0.25, 0.3) is 5.91 Å². The Kier molecular flexibility index (Phi) is 15.2. The molecule has 0 spiro atoms. The van der Waals surface area contributed by atoms with Gasteiger partial charge in [0.15, 0.2) is 0 Å². The molecule has 1 unspecified atom stereocenters. The fourth-order valence-electron chi connectivity index (χ4n) is 5.15. The lowest BCUT2D eigenvalue weighted by atomic mass is 9.86. The predicted molar refractivity (Wildman–Crippen MR) is 163 cm³/mol. The van der Waals surface area contributed by atoms with Crippen LogP contribution in [0.25, 0.3) is 5.57 Å². The van der Waals surface area contributed by atoms with E-state index in [1.165, 1.54) is 50.5 Å². The maximum absolute atomic E-state index is 13.3. The van der Waals surface area contributed by atoms with E-state index >= 15 is 0 Å². The van der Waals surface area contributed by atoms with Crippen LogP contribution in [0.15, 0.2) is 53.6 Å². The highest BCUT2D eigenvalue weighted by Gasteiger charge is 2.23. The van der Waals surface area contributed by atoms with E-state index in [-0.39, 0.29) is 5.91 Å². The van der Waals surface area contributed by atoms with E-state index in [0.717, 1.165) is 42.1 Å². The lowest BCUT2D eigenvalue weighted by Crippen LogP contribution is -2.41. The Balaban J connectivity index is 0.00000247. The zero-order valence-electron chi connectivity index (χ0n) is 23.9. The van der Waals surface area contributed by atoms with Crippen LogP contribution in [0, 0.1) is 12.8 Å². The normalized spacial score (nSPS) is 16.7. The predicted octanol–water partition coefficient (Wildman–Crippen LogP) is 6.93. The molecule has 1 fully saturated rings. The van der Waals surface area contributed by atoms with Crippen molar-refractivity contribution in [2.75, 3.05) is 25.1 Å². The molecule has 5 nitrogen and oxygen atoms in total. The van der Waals surface area contributed by atoms with E-state index in [0.29, 0.717) is 17.7 Å². The molecular weight excluding hydrogens is 492 g/mol. The molecule has 0 heterocycles. The summed E-state index contributed by atoms with van der Waals surface area (Å²) in [6, 6.07) is 7.15. The van der Waals surface area contributed by atoms with Gasteiger partial charge < -0.3 is 15.7 Å². The fraction of sp³-hybridized carbons (Fsp3) is 0.562. The van der Waals surface area contributed by atoms with Crippen molar-refractivity contribution in [3.63, 3.8) is 0 Å². The molecule has 0 radical (unpaired) electrons. The Morgan fingerprint density at radius 3 is 2.55 bits per heavy atom. The number of hydrogen-bond donors (Lipinski definition) is 3. The number of aryl methyl sites for hydroxylation is 1. The first-order valence-corrected chi connectivity index (χ1v) is 15.8. The second kappa shape index (κ2) is 18.1. The topological polar surface area (TPSA) is 78.4 Å². The van der Waals surface area contributed by atoms with E-state index in [9.17, 15) is 14.7 Å². The number of carboxylic acids is 1. The van der Waals surface area contributed by atoms with Crippen LogP contribution >= 0.6 is 11.8 Å². The molecule has 0 aromatic heterocycles. The molecule has 6 heteroatoms. The van der Waals surface area contributed by atoms with Crippen molar-refractivity contribution in [2.24, 2.45) is 5.92 Å². The maximum Gasteiger partial charge on any atom is 0.326 e. The molecular formula is C32H48N2O3S. The van der Waals surface area contributed by atoms with E-state index in [2.05, 4.69) is 16.7 Å². The van der Waals surface area contributed by atoms with Gasteiger partial charge in [-0.05, 0) is 73.8 Å². The Morgan fingerprint density at radius 1 is 1.13 bits per heavy atom. The summed E-state index contributed by atoms with van der Waals surface area (Å²) in [5.74, 6) is 0.244. The van der Waals surface area contributed by atoms with Gasteiger partial charge in [-0.1, -0.05) is 94.0 Å². The number of carbonyl (C=O) groups excluding carboxylic acids is 1. The molecule has 1 amide bonds. The SMILES string of the molecule is CC.CSCCC(NC(=O)C1=C(c2ccccc2C)C=C(CNCCCC2CCCCC2)CC=C1)C(=O)O. The molecule has 1 atom stereocenters. The van der Waals surface area contributed by atoms with E-state index in [1.54, 1.807) is 11.8 Å². The molecule has 2 aliphatic carbocycles. The lowest BCUT2D eigenvalue weighted by Gasteiger charge is -2.21. The highest BCUT2D eigenvalue weighted by Crippen LogP contribution is 2.29. The number of allylic oxidation sites excluding steroid dienone is 3. The number of amides is 1. The third-order valence-electron chi connectivity index (χ3n) is 7.24. The Bertz CT molecular complexity index is 977. The van der Waals surface area contributed by atoms with Crippen LogP contribution < -0.4 is 10.6 Å². The Labute approximate surface area is 234 Å². The van der Waals surface area contributed by atoms with Gasteiger partial charge in [0.05, 0.1) is 0 Å². The standard InChI is InChI=1S/C30H42N2O3S.C2H6/c1-22-10-6-7-15-25(22)27-20-24(21-31-18-9-14-23-11-4-3-5-12-23)13-8-16-26(27)29(33)32-28(30(34)35)17-19-36-2;1-2/h6-8,10,15-16,20,23,28,31H,3-5,9,11-14,17-19,21H2,1-2H3,(H,32,33)(H,34,35);1-2H3. The second-order valence-corrected chi connectivity index (χ2v) is 11.0. The minimum absolute atomic E-state index is 0.337. The minimum Gasteiger partial charge on any atom is -0.480 e. The zero-order chi connectivity index (χ0) is 27.8.